The van der Waals surface area contributed by atoms with E-state index in [0.29, 0.717) is 30.5 Å². The second kappa shape index (κ2) is 8.18. The molecule has 1 N–H and O–H groups in total. The van der Waals surface area contributed by atoms with E-state index in [4.69, 9.17) is 16.3 Å². The maximum Gasteiger partial charge on any atom is 0.260 e. The maximum absolute atomic E-state index is 12.4. The van der Waals surface area contributed by atoms with Crippen LogP contribution in [0.4, 0.5) is 0 Å². The van der Waals surface area contributed by atoms with Gasteiger partial charge in [0.1, 0.15) is 17.9 Å². The molecule has 0 radical (unpaired) electrons. The number of ether oxygens (including phenoxy) is 1. The third kappa shape index (κ3) is 4.41. The topological polar surface area (TPSA) is 65.6 Å². The number of benzene rings is 1. The summed E-state index contributed by atoms with van der Waals surface area (Å²) in [5.41, 5.74) is -0.152. The van der Waals surface area contributed by atoms with Gasteiger partial charge in [0, 0.05) is 38.9 Å². The average Bonchev–Trinajstić information content (AvgIpc) is 2.64. The normalized spacial score (nSPS) is 15.2. The van der Waals surface area contributed by atoms with Gasteiger partial charge in [-0.1, -0.05) is 23.7 Å². The Balaban J connectivity index is 1.46. The minimum atomic E-state index is -0.344. The molecule has 1 aliphatic heterocycles. The van der Waals surface area contributed by atoms with Gasteiger partial charge in [-0.2, -0.15) is 0 Å². The van der Waals surface area contributed by atoms with E-state index in [1.54, 1.807) is 23.1 Å². The molecule has 3 rings (SSSR count). The number of H-pyrrole nitrogens is 1. The molecule has 1 saturated heterocycles. The number of pyridine rings is 1. The van der Waals surface area contributed by atoms with Crippen molar-refractivity contribution in [3.05, 3.63) is 63.5 Å². The van der Waals surface area contributed by atoms with E-state index in [1.807, 2.05) is 18.2 Å². The Morgan fingerprint density at radius 3 is 2.60 bits per heavy atom. The molecule has 132 valence electrons. The van der Waals surface area contributed by atoms with Crippen molar-refractivity contribution in [2.45, 2.75) is 0 Å². The highest BCUT2D eigenvalue weighted by Gasteiger charge is 2.23. The highest BCUT2D eigenvalue weighted by Crippen LogP contribution is 2.22. The van der Waals surface area contributed by atoms with E-state index in [1.165, 1.54) is 6.20 Å². The van der Waals surface area contributed by atoms with Crippen molar-refractivity contribution in [2.75, 3.05) is 39.3 Å². The summed E-state index contributed by atoms with van der Waals surface area (Å²) in [4.78, 5) is 30.6. The second-order valence-corrected chi connectivity index (χ2v) is 6.23. The second-order valence-electron chi connectivity index (χ2n) is 5.83. The fraction of sp³-hybridized carbons (Fsp3) is 0.333. The van der Waals surface area contributed by atoms with Gasteiger partial charge >= 0.3 is 0 Å². The molecule has 0 aliphatic carbocycles. The summed E-state index contributed by atoms with van der Waals surface area (Å²) >= 11 is 6.06. The molecule has 1 amide bonds. The van der Waals surface area contributed by atoms with Crippen molar-refractivity contribution in [1.82, 2.24) is 14.8 Å². The molecule has 0 bridgehead atoms. The fourth-order valence-corrected chi connectivity index (χ4v) is 2.97. The molecule has 1 aromatic heterocycles. The van der Waals surface area contributed by atoms with E-state index >= 15 is 0 Å². The summed E-state index contributed by atoms with van der Waals surface area (Å²) < 4.78 is 5.70. The summed E-state index contributed by atoms with van der Waals surface area (Å²) in [6.45, 7) is 4.00. The molecule has 2 aromatic rings. The molecule has 0 saturated carbocycles. The van der Waals surface area contributed by atoms with Crippen LogP contribution in [0.1, 0.15) is 10.4 Å². The van der Waals surface area contributed by atoms with Gasteiger partial charge in [-0.15, -0.1) is 0 Å². The van der Waals surface area contributed by atoms with Crippen LogP contribution in [0, 0.1) is 0 Å². The number of hydrogen-bond acceptors (Lipinski definition) is 4. The van der Waals surface area contributed by atoms with Crippen LogP contribution in [0.25, 0.3) is 0 Å². The summed E-state index contributed by atoms with van der Waals surface area (Å²) in [7, 11) is 0. The molecular formula is C18H20ClN3O3. The van der Waals surface area contributed by atoms with Crippen molar-refractivity contribution < 1.29 is 9.53 Å². The quantitative estimate of drug-likeness (QED) is 0.883. The number of para-hydroxylation sites is 1. The monoisotopic (exact) mass is 361 g/mol. The zero-order valence-electron chi connectivity index (χ0n) is 13.8. The first kappa shape index (κ1) is 17.5. The first-order valence-corrected chi connectivity index (χ1v) is 8.59. The van der Waals surface area contributed by atoms with Crippen molar-refractivity contribution >= 4 is 17.5 Å². The molecule has 6 nitrogen and oxygen atoms in total. The van der Waals surface area contributed by atoms with Crippen LogP contribution in [0.3, 0.4) is 0 Å². The Kier molecular flexibility index (Phi) is 5.73. The van der Waals surface area contributed by atoms with Gasteiger partial charge in [-0.25, -0.2) is 0 Å². The van der Waals surface area contributed by atoms with Gasteiger partial charge in [0.05, 0.1) is 5.02 Å². The van der Waals surface area contributed by atoms with Gasteiger partial charge in [0.15, 0.2) is 0 Å². The van der Waals surface area contributed by atoms with Gasteiger partial charge in [-0.3, -0.25) is 14.5 Å². The lowest BCUT2D eigenvalue weighted by Crippen LogP contribution is -2.50. The van der Waals surface area contributed by atoms with E-state index in [0.717, 1.165) is 19.6 Å². The zero-order chi connectivity index (χ0) is 17.6. The number of rotatable bonds is 5. The molecular weight excluding hydrogens is 342 g/mol. The summed E-state index contributed by atoms with van der Waals surface area (Å²) in [5.74, 6) is 0.468. The lowest BCUT2D eigenvalue weighted by molar-refractivity contribution is 0.0618. The smallest absolute Gasteiger partial charge is 0.260 e. The molecule has 1 aliphatic rings. The first-order chi connectivity index (χ1) is 12.1. The van der Waals surface area contributed by atoms with Gasteiger partial charge in [-0.05, 0) is 24.3 Å². The third-order valence-electron chi connectivity index (χ3n) is 4.21. The Morgan fingerprint density at radius 2 is 1.88 bits per heavy atom. The van der Waals surface area contributed by atoms with Crippen molar-refractivity contribution in [3.8, 4) is 5.75 Å². The lowest BCUT2D eigenvalue weighted by atomic mass is 10.2. The lowest BCUT2D eigenvalue weighted by Gasteiger charge is -2.34. The predicted molar refractivity (Wildman–Crippen MR) is 96.4 cm³/mol. The summed E-state index contributed by atoms with van der Waals surface area (Å²) in [5, 5.41) is 0.603. The molecule has 0 atom stereocenters. The van der Waals surface area contributed by atoms with Crippen LogP contribution in [0.2, 0.25) is 5.02 Å². The van der Waals surface area contributed by atoms with Crippen LogP contribution in [-0.4, -0.2) is 60.0 Å². The largest absolute Gasteiger partial charge is 0.491 e. The molecule has 2 heterocycles. The van der Waals surface area contributed by atoms with E-state index in [2.05, 4.69) is 9.88 Å². The number of nitrogens with zero attached hydrogens (tertiary/aromatic N) is 2. The Bertz CT molecular complexity index is 785. The molecule has 1 aromatic carbocycles. The van der Waals surface area contributed by atoms with Crippen molar-refractivity contribution in [1.29, 1.82) is 0 Å². The van der Waals surface area contributed by atoms with Crippen molar-refractivity contribution in [3.63, 3.8) is 0 Å². The number of aromatic amines is 1. The number of piperazine rings is 1. The molecule has 7 heteroatoms. The summed E-state index contributed by atoms with van der Waals surface area (Å²) in [6, 6.07) is 10.6. The van der Waals surface area contributed by atoms with E-state index < -0.39 is 0 Å². The Hall–Kier alpha value is -2.31. The van der Waals surface area contributed by atoms with Crippen LogP contribution in [0.15, 0.2) is 47.4 Å². The van der Waals surface area contributed by atoms with Crippen LogP contribution in [-0.2, 0) is 0 Å². The van der Waals surface area contributed by atoms with E-state index in [9.17, 15) is 9.59 Å². The highest BCUT2D eigenvalue weighted by atomic mass is 35.5. The van der Waals surface area contributed by atoms with E-state index in [-0.39, 0.29) is 17.0 Å². The van der Waals surface area contributed by atoms with Crippen LogP contribution in [0.5, 0.6) is 5.75 Å². The van der Waals surface area contributed by atoms with Gasteiger partial charge in [0.25, 0.3) is 11.5 Å². The standard InChI is InChI=1S/C18H20ClN3O3/c19-15-5-1-2-6-16(15)25-13-12-21-8-10-22(11-9-21)18(24)14-4-3-7-20-17(14)23/h1-7H,8-13H2,(H,20,23). The molecule has 0 unspecified atom stereocenters. The third-order valence-corrected chi connectivity index (χ3v) is 4.52. The number of carbonyl (C=O) groups is 1. The van der Waals surface area contributed by atoms with Crippen LogP contribution < -0.4 is 10.3 Å². The number of nitrogens with one attached hydrogen (secondary N) is 1. The predicted octanol–water partition coefficient (Wildman–Crippen LogP) is 1.87. The van der Waals surface area contributed by atoms with Crippen LogP contribution >= 0.6 is 11.6 Å². The average molecular weight is 362 g/mol. The summed E-state index contributed by atoms with van der Waals surface area (Å²) in [6.07, 6.45) is 1.52. The van der Waals surface area contributed by atoms with Gasteiger partial charge in [0.2, 0.25) is 0 Å². The highest BCUT2D eigenvalue weighted by molar-refractivity contribution is 6.32. The Labute approximate surface area is 151 Å². The molecule has 1 fully saturated rings. The minimum absolute atomic E-state index is 0.193. The fourth-order valence-electron chi connectivity index (χ4n) is 2.78. The number of hydrogen-bond donors (Lipinski definition) is 1. The number of aromatic nitrogens is 1. The first-order valence-electron chi connectivity index (χ1n) is 8.22. The van der Waals surface area contributed by atoms with Crippen molar-refractivity contribution in [2.24, 2.45) is 0 Å². The minimum Gasteiger partial charge on any atom is -0.491 e. The number of amides is 1. The number of halogens is 1. The molecule has 0 spiro atoms. The Morgan fingerprint density at radius 1 is 1.12 bits per heavy atom. The maximum atomic E-state index is 12.4. The molecule has 25 heavy (non-hydrogen) atoms. The number of carbonyl (C=O) groups excluding carboxylic acids is 1. The van der Waals surface area contributed by atoms with Gasteiger partial charge < -0.3 is 14.6 Å². The zero-order valence-corrected chi connectivity index (χ0v) is 14.5. The SMILES string of the molecule is O=C(c1ccc[nH]c1=O)N1CCN(CCOc2ccccc2Cl)CC1.